The van der Waals surface area contributed by atoms with Gasteiger partial charge in [0, 0.05) is 19.8 Å². The van der Waals surface area contributed by atoms with Crippen LogP contribution in [0.15, 0.2) is 12.3 Å². The molecular formula is C12H17N3O5. The minimum Gasteiger partial charge on any atom is -0.477 e. The van der Waals surface area contributed by atoms with Gasteiger partial charge in [-0.25, -0.2) is 9.78 Å². The van der Waals surface area contributed by atoms with Gasteiger partial charge in [0.1, 0.15) is 5.56 Å². The Balaban J connectivity index is 3.02. The summed E-state index contributed by atoms with van der Waals surface area (Å²) in [5.74, 6) is -1.34. The minimum atomic E-state index is -1.35. The number of nitro groups is 1. The first-order valence-corrected chi connectivity index (χ1v) is 6.04. The van der Waals surface area contributed by atoms with Crippen LogP contribution in [0.4, 0.5) is 11.5 Å². The number of rotatable bonds is 7. The summed E-state index contributed by atoms with van der Waals surface area (Å²) in [7, 11) is 1.60. The number of hydrogen-bond acceptors (Lipinski definition) is 6. The molecule has 0 saturated heterocycles. The molecule has 0 aliphatic heterocycles. The molecule has 0 aromatic carbocycles. The Labute approximate surface area is 116 Å². The molecule has 0 unspecified atom stereocenters. The van der Waals surface area contributed by atoms with Crippen molar-refractivity contribution in [2.24, 2.45) is 0 Å². The Morgan fingerprint density at radius 1 is 1.60 bits per heavy atom. The van der Waals surface area contributed by atoms with Crippen LogP contribution in [0.2, 0.25) is 0 Å². The number of carboxylic acids is 1. The van der Waals surface area contributed by atoms with Crippen molar-refractivity contribution in [2.75, 3.05) is 25.1 Å². The first kappa shape index (κ1) is 15.8. The zero-order valence-corrected chi connectivity index (χ0v) is 11.6. The Kier molecular flexibility index (Phi) is 5.39. The van der Waals surface area contributed by atoms with Crippen molar-refractivity contribution in [3.63, 3.8) is 0 Å². The van der Waals surface area contributed by atoms with Crippen molar-refractivity contribution >= 4 is 17.5 Å². The van der Waals surface area contributed by atoms with Crippen molar-refractivity contribution in [1.29, 1.82) is 0 Å². The van der Waals surface area contributed by atoms with Crippen molar-refractivity contribution in [2.45, 2.75) is 20.0 Å². The molecule has 0 radical (unpaired) electrons. The fraction of sp³-hybridized carbons (Fsp3) is 0.500. The van der Waals surface area contributed by atoms with Crippen LogP contribution in [-0.2, 0) is 4.74 Å². The smallest absolute Gasteiger partial charge is 0.342 e. The number of pyridine rings is 1. The minimum absolute atomic E-state index is 0.0160. The fourth-order valence-corrected chi connectivity index (χ4v) is 1.61. The lowest BCUT2D eigenvalue weighted by atomic mass is 10.2. The van der Waals surface area contributed by atoms with E-state index >= 15 is 0 Å². The van der Waals surface area contributed by atoms with E-state index in [1.165, 1.54) is 11.1 Å². The molecule has 0 bridgehead atoms. The quantitative estimate of drug-likeness (QED) is 0.597. The summed E-state index contributed by atoms with van der Waals surface area (Å²) in [6.07, 6.45) is 1.29. The Morgan fingerprint density at radius 2 is 2.25 bits per heavy atom. The van der Waals surface area contributed by atoms with Crippen LogP contribution in [0.25, 0.3) is 0 Å². The van der Waals surface area contributed by atoms with E-state index in [-0.39, 0.29) is 17.5 Å². The van der Waals surface area contributed by atoms with Gasteiger partial charge in [0.15, 0.2) is 0 Å². The average molecular weight is 283 g/mol. The summed E-state index contributed by atoms with van der Waals surface area (Å²) in [6.45, 7) is 4.50. The predicted octanol–water partition coefficient (Wildman–Crippen LogP) is 1.55. The van der Waals surface area contributed by atoms with Crippen LogP contribution in [0.3, 0.4) is 0 Å². The van der Waals surface area contributed by atoms with E-state index in [1.54, 1.807) is 7.05 Å². The number of carboxylic acid groups (broad SMARTS) is 1. The molecule has 1 heterocycles. The number of hydrogen-bond donors (Lipinski definition) is 1. The van der Waals surface area contributed by atoms with Gasteiger partial charge in [-0.2, -0.15) is 0 Å². The Hall–Kier alpha value is -2.22. The maximum atomic E-state index is 11.1. The molecular weight excluding hydrogens is 266 g/mol. The van der Waals surface area contributed by atoms with Crippen LogP contribution in [-0.4, -0.2) is 47.3 Å². The predicted molar refractivity (Wildman–Crippen MR) is 72.2 cm³/mol. The van der Waals surface area contributed by atoms with E-state index < -0.39 is 16.6 Å². The molecule has 0 spiro atoms. The highest BCUT2D eigenvalue weighted by Crippen LogP contribution is 2.28. The third-order valence-corrected chi connectivity index (χ3v) is 2.56. The van der Waals surface area contributed by atoms with Crippen molar-refractivity contribution < 1.29 is 19.6 Å². The van der Waals surface area contributed by atoms with E-state index in [9.17, 15) is 14.9 Å². The molecule has 0 aliphatic rings. The molecule has 0 fully saturated rings. The lowest BCUT2D eigenvalue weighted by Gasteiger charge is -2.19. The number of aromatic carboxylic acids is 1. The first-order chi connectivity index (χ1) is 9.34. The number of nitrogens with zero attached hydrogens (tertiary/aromatic N) is 3. The number of ether oxygens (including phenoxy) is 1. The second kappa shape index (κ2) is 6.80. The molecule has 0 atom stereocenters. The Bertz CT molecular complexity index is 504. The fourth-order valence-electron chi connectivity index (χ4n) is 1.61. The summed E-state index contributed by atoms with van der Waals surface area (Å²) in [5, 5.41) is 20.1. The number of aromatic nitrogens is 1. The lowest BCUT2D eigenvalue weighted by molar-refractivity contribution is -0.384. The van der Waals surface area contributed by atoms with Gasteiger partial charge >= 0.3 is 11.7 Å². The molecule has 0 amide bonds. The van der Waals surface area contributed by atoms with Gasteiger partial charge in [0.05, 0.1) is 17.6 Å². The summed E-state index contributed by atoms with van der Waals surface area (Å²) < 4.78 is 5.36. The van der Waals surface area contributed by atoms with Crippen LogP contribution in [0.1, 0.15) is 24.2 Å². The Morgan fingerprint density at radius 3 is 2.75 bits per heavy atom. The zero-order chi connectivity index (χ0) is 15.3. The van der Waals surface area contributed by atoms with E-state index in [0.717, 1.165) is 6.07 Å². The first-order valence-electron chi connectivity index (χ1n) is 6.04. The lowest BCUT2D eigenvalue weighted by Crippen LogP contribution is -2.26. The number of likely N-dealkylation sites (N-methyl/N-ethyl adjacent to an activating group) is 1. The highest BCUT2D eigenvalue weighted by Gasteiger charge is 2.27. The molecule has 20 heavy (non-hydrogen) atoms. The largest absolute Gasteiger partial charge is 0.477 e. The normalized spacial score (nSPS) is 10.6. The SMILES string of the molecule is CC(C)OCCN(C)c1nccc(C(=O)O)c1[N+](=O)[O-]. The standard InChI is InChI=1S/C12H17N3O5/c1-8(2)20-7-6-14(3)11-10(15(18)19)9(12(16)17)4-5-13-11/h4-5,8H,6-7H2,1-3H3,(H,16,17). The van der Waals surface area contributed by atoms with Gasteiger partial charge in [0.2, 0.25) is 5.82 Å². The third-order valence-electron chi connectivity index (χ3n) is 2.56. The molecule has 1 rings (SSSR count). The summed E-state index contributed by atoms with van der Waals surface area (Å²) >= 11 is 0. The second-order valence-electron chi connectivity index (χ2n) is 4.43. The van der Waals surface area contributed by atoms with Crippen LogP contribution < -0.4 is 4.90 Å². The monoisotopic (exact) mass is 283 g/mol. The molecule has 8 heteroatoms. The van der Waals surface area contributed by atoms with Crippen LogP contribution in [0.5, 0.6) is 0 Å². The highest BCUT2D eigenvalue weighted by molar-refractivity contribution is 5.94. The van der Waals surface area contributed by atoms with Crippen LogP contribution in [0, 0.1) is 10.1 Å². The van der Waals surface area contributed by atoms with E-state index in [1.807, 2.05) is 13.8 Å². The third kappa shape index (κ3) is 3.89. The molecule has 8 nitrogen and oxygen atoms in total. The molecule has 1 aromatic heterocycles. The van der Waals surface area contributed by atoms with Gasteiger partial charge in [-0.1, -0.05) is 0 Å². The van der Waals surface area contributed by atoms with Crippen molar-refractivity contribution in [3.8, 4) is 0 Å². The maximum absolute atomic E-state index is 11.1. The van der Waals surface area contributed by atoms with E-state index in [4.69, 9.17) is 9.84 Å². The molecule has 0 aliphatic carbocycles. The summed E-state index contributed by atoms with van der Waals surface area (Å²) in [4.78, 5) is 26.8. The highest BCUT2D eigenvalue weighted by atomic mass is 16.6. The molecule has 1 N–H and O–H groups in total. The topological polar surface area (TPSA) is 106 Å². The number of anilines is 1. The van der Waals surface area contributed by atoms with Crippen LogP contribution >= 0.6 is 0 Å². The van der Waals surface area contributed by atoms with Gasteiger partial charge in [0.25, 0.3) is 0 Å². The van der Waals surface area contributed by atoms with E-state index in [0.29, 0.717) is 13.2 Å². The van der Waals surface area contributed by atoms with E-state index in [2.05, 4.69) is 4.98 Å². The molecule has 0 saturated carbocycles. The van der Waals surface area contributed by atoms with Gasteiger partial charge in [-0.3, -0.25) is 10.1 Å². The molecule has 110 valence electrons. The van der Waals surface area contributed by atoms with Gasteiger partial charge < -0.3 is 14.7 Å². The van der Waals surface area contributed by atoms with Gasteiger partial charge in [-0.05, 0) is 19.9 Å². The average Bonchev–Trinajstić information content (AvgIpc) is 2.36. The van der Waals surface area contributed by atoms with Crippen molar-refractivity contribution in [3.05, 3.63) is 27.9 Å². The number of carbonyl (C=O) groups is 1. The summed E-state index contributed by atoms with van der Waals surface area (Å²) in [5.41, 5.74) is -0.885. The molecule has 1 aromatic rings. The maximum Gasteiger partial charge on any atom is 0.342 e. The second-order valence-corrected chi connectivity index (χ2v) is 4.43. The zero-order valence-electron chi connectivity index (χ0n) is 11.6. The van der Waals surface area contributed by atoms with Gasteiger partial charge in [-0.15, -0.1) is 0 Å². The summed E-state index contributed by atoms with van der Waals surface area (Å²) in [6, 6.07) is 1.11. The van der Waals surface area contributed by atoms with Crippen molar-refractivity contribution in [1.82, 2.24) is 4.98 Å².